The Morgan fingerprint density at radius 2 is 1.54 bits per heavy atom. The van der Waals surface area contributed by atoms with Crippen LogP contribution in [0.2, 0.25) is 0 Å². The molecule has 8 nitrogen and oxygen atoms in total. The number of nitrogens with zero attached hydrogens (tertiary/aromatic N) is 2. The van der Waals surface area contributed by atoms with Gasteiger partial charge in [0.05, 0.1) is 17.7 Å². The van der Waals surface area contributed by atoms with E-state index in [1.807, 2.05) is 42.5 Å². The average Bonchev–Trinajstić information content (AvgIpc) is 3.65. The summed E-state index contributed by atoms with van der Waals surface area (Å²) >= 11 is 1.03. The van der Waals surface area contributed by atoms with Crippen molar-refractivity contribution in [2.75, 3.05) is 6.79 Å². The van der Waals surface area contributed by atoms with E-state index in [0.29, 0.717) is 40.5 Å². The second-order valence-corrected chi connectivity index (χ2v) is 9.63. The van der Waals surface area contributed by atoms with Gasteiger partial charge in [0.1, 0.15) is 23.4 Å². The number of aliphatic carboxylic acids is 1. The maximum atomic E-state index is 13.9. The number of hydrogen-bond acceptors (Lipinski definition) is 9. The molecule has 41 heavy (non-hydrogen) atoms. The van der Waals surface area contributed by atoms with E-state index in [1.165, 1.54) is 0 Å². The number of rotatable bonds is 9. The molecule has 6 rings (SSSR count). The molecule has 0 fully saturated rings. The van der Waals surface area contributed by atoms with E-state index in [-0.39, 0.29) is 59.5 Å². The van der Waals surface area contributed by atoms with E-state index in [0.717, 1.165) is 22.9 Å². The molecule has 198 valence electrons. The van der Waals surface area contributed by atoms with Crippen LogP contribution < -0.4 is 48.9 Å². The summed E-state index contributed by atoms with van der Waals surface area (Å²) < 4.78 is 25.1. The second kappa shape index (κ2) is 12.7. The van der Waals surface area contributed by atoms with Crippen molar-refractivity contribution in [2.24, 2.45) is 0 Å². The number of hydrogen-bond donors (Lipinski definition) is 0. The minimum Gasteiger partial charge on any atom is -0.545 e. The Balaban J connectivity index is 0.00000337. The van der Waals surface area contributed by atoms with Crippen molar-refractivity contribution in [3.8, 4) is 17.2 Å². The van der Waals surface area contributed by atoms with Crippen LogP contribution in [0.1, 0.15) is 27.0 Å². The Bertz CT molecular complexity index is 1750. The Labute approximate surface area is 261 Å². The Hall–Kier alpha value is -4.02. The number of aromatic nitrogens is 2. The fourth-order valence-corrected chi connectivity index (χ4v) is 5.01. The van der Waals surface area contributed by atoms with Gasteiger partial charge in [0.25, 0.3) is 0 Å². The van der Waals surface area contributed by atoms with Crippen molar-refractivity contribution in [1.82, 2.24) is 8.75 Å². The van der Waals surface area contributed by atoms with Gasteiger partial charge in [-0.25, -0.2) is 0 Å². The number of carbonyl (C=O) groups excluding carboxylic acids is 2. The van der Waals surface area contributed by atoms with Gasteiger partial charge in [0, 0.05) is 23.1 Å². The van der Waals surface area contributed by atoms with Gasteiger partial charge in [-0.1, -0.05) is 48.5 Å². The summed E-state index contributed by atoms with van der Waals surface area (Å²) in [5.74, 6) is -0.320. The van der Waals surface area contributed by atoms with Crippen LogP contribution in [0.4, 0.5) is 0 Å². The molecular formula is C31H21N2NaO6S. The predicted octanol–water partition coefficient (Wildman–Crippen LogP) is 1.63. The van der Waals surface area contributed by atoms with Crippen LogP contribution in [0, 0.1) is 0 Å². The molecule has 0 saturated carbocycles. The zero-order valence-electron chi connectivity index (χ0n) is 22.0. The fourth-order valence-electron chi connectivity index (χ4n) is 4.50. The molecule has 10 heteroatoms. The number of allylic oxidation sites excluding steroid dienone is 1. The van der Waals surface area contributed by atoms with Crippen molar-refractivity contribution >= 4 is 40.1 Å². The van der Waals surface area contributed by atoms with E-state index in [2.05, 4.69) is 8.75 Å². The van der Waals surface area contributed by atoms with Crippen molar-refractivity contribution in [3.05, 3.63) is 119 Å². The van der Waals surface area contributed by atoms with Gasteiger partial charge in [-0.15, -0.1) is 0 Å². The molecule has 5 aromatic rings. The smallest absolute Gasteiger partial charge is 0.545 e. The predicted molar refractivity (Wildman–Crippen MR) is 147 cm³/mol. The first-order valence-electron chi connectivity index (χ1n) is 12.4. The molecule has 0 bridgehead atoms. The fraction of sp³-hybridized carbons (Fsp3) is 0.0968. The molecule has 0 saturated heterocycles. The van der Waals surface area contributed by atoms with Crippen molar-refractivity contribution in [2.45, 2.75) is 13.0 Å². The van der Waals surface area contributed by atoms with Crippen molar-refractivity contribution in [3.63, 3.8) is 0 Å². The van der Waals surface area contributed by atoms with E-state index in [9.17, 15) is 14.7 Å². The molecule has 0 amide bonds. The molecule has 1 aromatic heterocycles. The molecule has 0 N–H and O–H groups in total. The van der Waals surface area contributed by atoms with E-state index >= 15 is 0 Å². The third-order valence-electron chi connectivity index (χ3n) is 6.51. The van der Waals surface area contributed by atoms with Crippen molar-refractivity contribution in [1.29, 1.82) is 0 Å². The number of Topliss-reactive ketones (excluding diaryl/α,β-unsaturated/α-hetero) is 1. The molecule has 1 aliphatic rings. The van der Waals surface area contributed by atoms with Gasteiger partial charge in [-0.3, -0.25) is 4.79 Å². The number of ketones is 1. The van der Waals surface area contributed by atoms with Crippen LogP contribution in [0.15, 0.2) is 96.6 Å². The first-order chi connectivity index (χ1) is 19.5. The maximum Gasteiger partial charge on any atom is 1.00 e. The molecule has 0 atom stereocenters. The normalized spacial score (nSPS) is 12.4. The number of ether oxygens (including phenoxy) is 3. The third-order valence-corrected chi connectivity index (χ3v) is 7.07. The summed E-state index contributed by atoms with van der Waals surface area (Å²) in [5.41, 5.74) is 3.39. The van der Waals surface area contributed by atoms with Crippen molar-refractivity contribution < 1.29 is 58.5 Å². The number of benzene rings is 4. The van der Waals surface area contributed by atoms with Crippen LogP contribution in [0.25, 0.3) is 16.6 Å². The largest absolute Gasteiger partial charge is 1.00 e. The van der Waals surface area contributed by atoms with E-state index in [1.54, 1.807) is 48.5 Å². The van der Waals surface area contributed by atoms with Crippen LogP contribution >= 0.6 is 11.7 Å². The standard InChI is InChI=1S/C31H22N2O6S.Na/c34-30(22-9-13-27-28(16-22)39-18-38-27)24(29(31(35)36)21-8-12-25-26(15-21)33-40-32-25)14-19-6-10-23(11-7-19)37-17-20-4-2-1-3-5-20;/h1-13,15-16H,14,17-18H2,(H,35,36);/q;+1/p-1/b29-24+;. The van der Waals surface area contributed by atoms with Gasteiger partial charge in [-0.05, 0) is 59.2 Å². The van der Waals surface area contributed by atoms with Gasteiger partial charge < -0.3 is 24.1 Å². The Kier molecular flexibility index (Phi) is 8.80. The zero-order chi connectivity index (χ0) is 27.5. The summed E-state index contributed by atoms with van der Waals surface area (Å²) in [7, 11) is 0. The van der Waals surface area contributed by atoms with E-state index in [4.69, 9.17) is 14.2 Å². The number of fused-ring (bicyclic) bond motifs is 2. The second-order valence-electron chi connectivity index (χ2n) is 9.10. The summed E-state index contributed by atoms with van der Waals surface area (Å²) in [4.78, 5) is 26.5. The molecule has 0 spiro atoms. The molecular weight excluding hydrogens is 551 g/mol. The minimum absolute atomic E-state index is 0. The van der Waals surface area contributed by atoms with E-state index < -0.39 is 11.8 Å². The van der Waals surface area contributed by atoms with Crippen LogP contribution in [-0.2, 0) is 17.8 Å². The number of carboxylic acids is 1. The molecule has 0 radical (unpaired) electrons. The van der Waals surface area contributed by atoms with Gasteiger partial charge in [0.15, 0.2) is 17.3 Å². The van der Waals surface area contributed by atoms with Gasteiger partial charge >= 0.3 is 29.6 Å². The van der Waals surface area contributed by atoms with Gasteiger partial charge in [-0.2, -0.15) is 8.75 Å². The Morgan fingerprint density at radius 1 is 0.805 bits per heavy atom. The quantitative estimate of drug-likeness (QED) is 0.149. The Morgan fingerprint density at radius 3 is 2.32 bits per heavy atom. The zero-order valence-corrected chi connectivity index (χ0v) is 24.9. The first kappa shape index (κ1) is 28.5. The summed E-state index contributed by atoms with van der Waals surface area (Å²) in [6.07, 6.45) is 0.0446. The molecule has 4 aromatic carbocycles. The molecule has 0 unspecified atom stereocenters. The minimum atomic E-state index is -1.46. The SMILES string of the molecule is O=C([O-])/C(=C(\Cc1ccc(OCc2ccccc2)cc1)C(=O)c1ccc2c(c1)OCO2)c1ccc2nsnc2c1.[Na+]. The molecule has 1 aliphatic heterocycles. The first-order valence-corrected chi connectivity index (χ1v) is 13.2. The number of carbonyl (C=O) groups is 2. The summed E-state index contributed by atoms with van der Waals surface area (Å²) in [6, 6.07) is 26.7. The van der Waals surface area contributed by atoms with Crippen LogP contribution in [0.3, 0.4) is 0 Å². The summed E-state index contributed by atoms with van der Waals surface area (Å²) in [6.45, 7) is 0.469. The summed E-state index contributed by atoms with van der Waals surface area (Å²) in [5, 5.41) is 12.6. The maximum absolute atomic E-state index is 13.9. The van der Waals surface area contributed by atoms with Crippen LogP contribution in [0.5, 0.6) is 17.2 Å². The van der Waals surface area contributed by atoms with Gasteiger partial charge in [0.2, 0.25) is 6.79 Å². The topological polar surface area (TPSA) is 111 Å². The number of carboxylic acid groups (broad SMARTS) is 1. The molecule has 0 aliphatic carbocycles. The third kappa shape index (κ3) is 6.34. The monoisotopic (exact) mass is 572 g/mol. The average molecular weight is 573 g/mol. The molecule has 2 heterocycles. The van der Waals surface area contributed by atoms with Crippen LogP contribution in [-0.4, -0.2) is 27.3 Å².